The van der Waals surface area contributed by atoms with Gasteiger partial charge in [-0.25, -0.2) is 0 Å². The van der Waals surface area contributed by atoms with E-state index in [2.05, 4.69) is 92.2 Å². The second-order valence-corrected chi connectivity index (χ2v) is 10.3. The van der Waals surface area contributed by atoms with E-state index in [0.717, 1.165) is 32.1 Å². The number of hydrogen-bond donors (Lipinski definition) is 6. The van der Waals surface area contributed by atoms with Gasteiger partial charge in [-0.05, 0) is 69.9 Å². The highest BCUT2D eigenvalue weighted by Gasteiger charge is 2.13. The van der Waals surface area contributed by atoms with Crippen molar-refractivity contribution in [1.29, 1.82) is 0 Å². The van der Waals surface area contributed by atoms with Gasteiger partial charge in [0, 0.05) is 56.2 Å². The van der Waals surface area contributed by atoms with Crippen molar-refractivity contribution in [2.45, 2.75) is 79.1 Å². The molecule has 0 radical (unpaired) electrons. The molecular formula is C25H50N6. The summed E-state index contributed by atoms with van der Waals surface area (Å²) in [5, 5.41) is 16.9. The summed E-state index contributed by atoms with van der Waals surface area (Å²) in [6.07, 6.45) is 7.56. The average Bonchev–Trinajstić information content (AvgIpc) is 3.47. The molecule has 0 saturated carbocycles. The summed E-state index contributed by atoms with van der Waals surface area (Å²) < 4.78 is 0. The molecule has 1 fully saturated rings. The third-order valence-corrected chi connectivity index (χ3v) is 5.09. The summed E-state index contributed by atoms with van der Waals surface area (Å²) in [6, 6.07) is 3.28. The predicted octanol–water partition coefficient (Wildman–Crippen LogP) is 3.01. The van der Waals surface area contributed by atoms with E-state index in [1.165, 1.54) is 37.2 Å². The molecule has 0 aromatic carbocycles. The van der Waals surface area contributed by atoms with Gasteiger partial charge in [-0.1, -0.05) is 33.8 Å². The average molecular weight is 435 g/mol. The molecule has 0 spiro atoms. The normalized spacial score (nSPS) is 18.5. The molecule has 1 saturated heterocycles. The van der Waals surface area contributed by atoms with Gasteiger partial charge in [0.15, 0.2) is 0 Å². The Morgan fingerprint density at radius 1 is 1.03 bits per heavy atom. The Balaban J connectivity index is 0.000000233. The van der Waals surface area contributed by atoms with Crippen LogP contribution >= 0.6 is 0 Å². The van der Waals surface area contributed by atoms with E-state index in [0.29, 0.717) is 12.1 Å². The van der Waals surface area contributed by atoms with Gasteiger partial charge < -0.3 is 31.6 Å². The van der Waals surface area contributed by atoms with E-state index in [4.69, 9.17) is 0 Å². The summed E-state index contributed by atoms with van der Waals surface area (Å²) in [6.45, 7) is 22.9. The lowest BCUT2D eigenvalue weighted by Gasteiger charge is -2.20. The van der Waals surface area contributed by atoms with Crippen molar-refractivity contribution in [2.75, 3.05) is 39.3 Å². The van der Waals surface area contributed by atoms with Crippen LogP contribution in [0.4, 0.5) is 0 Å². The minimum absolute atomic E-state index is 0.240. The fourth-order valence-corrected chi connectivity index (χ4v) is 3.12. The van der Waals surface area contributed by atoms with Crippen molar-refractivity contribution in [3.63, 3.8) is 0 Å². The topological polar surface area (TPSA) is 75.9 Å². The van der Waals surface area contributed by atoms with Gasteiger partial charge in [-0.15, -0.1) is 0 Å². The SMILES string of the molecule is CC(C)(C)NCC1=CCNC1.CC(C)NCC1CCNC1.CC(C)NCc1cc[nH]c1. The minimum atomic E-state index is 0.240. The molecule has 6 heteroatoms. The first-order valence-electron chi connectivity index (χ1n) is 12.1. The van der Waals surface area contributed by atoms with E-state index in [-0.39, 0.29) is 5.54 Å². The Bertz CT molecular complexity index is 565. The maximum atomic E-state index is 3.46. The van der Waals surface area contributed by atoms with Crippen LogP contribution in [0.1, 0.15) is 60.5 Å². The van der Waals surface area contributed by atoms with E-state index in [1.54, 1.807) is 0 Å². The maximum Gasteiger partial charge on any atom is 0.0222 e. The number of hydrogen-bond acceptors (Lipinski definition) is 5. The van der Waals surface area contributed by atoms with Crippen LogP contribution in [-0.4, -0.2) is 61.9 Å². The molecule has 180 valence electrons. The molecule has 0 bridgehead atoms. The van der Waals surface area contributed by atoms with Gasteiger partial charge in [0.2, 0.25) is 0 Å². The van der Waals surface area contributed by atoms with E-state index >= 15 is 0 Å². The van der Waals surface area contributed by atoms with Crippen molar-refractivity contribution in [3.8, 4) is 0 Å². The van der Waals surface area contributed by atoms with Crippen molar-refractivity contribution < 1.29 is 0 Å². The van der Waals surface area contributed by atoms with Crippen LogP contribution in [0.25, 0.3) is 0 Å². The van der Waals surface area contributed by atoms with Crippen LogP contribution in [0.5, 0.6) is 0 Å². The zero-order valence-electron chi connectivity index (χ0n) is 21.2. The largest absolute Gasteiger partial charge is 0.367 e. The standard InChI is InChI=1S/C9H18N2.C8H18N2.C8H14N2/c1-9(2,3)11-7-8-4-5-10-6-8;2*1-7(2)10-6-8-3-4-9-5-8/h4,10-11H,5-7H2,1-3H3;7-10H,3-6H2,1-2H3;3-5,7,9-10H,6H2,1-2H3. The highest BCUT2D eigenvalue weighted by molar-refractivity contribution is 5.12. The van der Waals surface area contributed by atoms with Gasteiger partial charge in [0.25, 0.3) is 0 Å². The summed E-state index contributed by atoms with van der Waals surface area (Å²) >= 11 is 0. The van der Waals surface area contributed by atoms with E-state index in [1.807, 2.05) is 12.4 Å². The summed E-state index contributed by atoms with van der Waals surface area (Å²) in [5.74, 6) is 0.877. The number of aromatic amines is 1. The van der Waals surface area contributed by atoms with Crippen LogP contribution in [-0.2, 0) is 6.54 Å². The van der Waals surface area contributed by atoms with Gasteiger partial charge in [-0.3, -0.25) is 0 Å². The molecule has 1 aromatic heterocycles. The lowest BCUT2D eigenvalue weighted by molar-refractivity contribution is 0.443. The Labute approximate surface area is 191 Å². The number of rotatable bonds is 8. The molecule has 1 unspecified atom stereocenters. The molecule has 31 heavy (non-hydrogen) atoms. The number of H-pyrrole nitrogens is 1. The molecular weight excluding hydrogens is 384 g/mol. The fraction of sp³-hybridized carbons (Fsp3) is 0.760. The van der Waals surface area contributed by atoms with Crippen LogP contribution in [0.3, 0.4) is 0 Å². The zero-order chi connectivity index (χ0) is 23.1. The first kappa shape index (κ1) is 27.9. The van der Waals surface area contributed by atoms with Crippen molar-refractivity contribution in [2.24, 2.45) is 5.92 Å². The predicted molar refractivity (Wildman–Crippen MR) is 136 cm³/mol. The van der Waals surface area contributed by atoms with Crippen LogP contribution in [0.15, 0.2) is 30.1 Å². The Morgan fingerprint density at radius 2 is 1.77 bits per heavy atom. The van der Waals surface area contributed by atoms with Crippen molar-refractivity contribution >= 4 is 0 Å². The second kappa shape index (κ2) is 15.6. The molecule has 3 rings (SSSR count). The van der Waals surface area contributed by atoms with Crippen LogP contribution < -0.4 is 26.6 Å². The lowest BCUT2D eigenvalue weighted by atomic mass is 10.1. The summed E-state index contributed by atoms with van der Waals surface area (Å²) in [5.41, 5.74) is 3.04. The molecule has 3 heterocycles. The summed E-state index contributed by atoms with van der Waals surface area (Å²) in [4.78, 5) is 3.01. The third-order valence-electron chi connectivity index (χ3n) is 5.09. The van der Waals surface area contributed by atoms with Gasteiger partial charge in [0.05, 0.1) is 0 Å². The van der Waals surface area contributed by atoms with E-state index < -0.39 is 0 Å². The first-order valence-corrected chi connectivity index (χ1v) is 12.1. The molecule has 0 amide bonds. The molecule has 2 aliphatic rings. The molecule has 2 aliphatic heterocycles. The van der Waals surface area contributed by atoms with Crippen LogP contribution in [0.2, 0.25) is 0 Å². The van der Waals surface area contributed by atoms with Crippen molar-refractivity contribution in [3.05, 3.63) is 35.7 Å². The smallest absolute Gasteiger partial charge is 0.0222 e. The van der Waals surface area contributed by atoms with Gasteiger partial charge in [-0.2, -0.15) is 0 Å². The monoisotopic (exact) mass is 434 g/mol. The highest BCUT2D eigenvalue weighted by Crippen LogP contribution is 2.05. The highest BCUT2D eigenvalue weighted by atomic mass is 15.0. The Kier molecular flexibility index (Phi) is 14.0. The third kappa shape index (κ3) is 16.2. The van der Waals surface area contributed by atoms with Gasteiger partial charge >= 0.3 is 0 Å². The van der Waals surface area contributed by atoms with Crippen molar-refractivity contribution in [1.82, 2.24) is 31.6 Å². The molecule has 0 aliphatic carbocycles. The van der Waals surface area contributed by atoms with Crippen LogP contribution in [0, 0.1) is 5.92 Å². The fourth-order valence-electron chi connectivity index (χ4n) is 3.12. The number of nitrogens with one attached hydrogen (secondary N) is 6. The molecule has 1 aromatic rings. The lowest BCUT2D eigenvalue weighted by Crippen LogP contribution is -2.37. The first-order chi connectivity index (χ1) is 14.7. The second-order valence-electron chi connectivity index (χ2n) is 10.3. The zero-order valence-corrected chi connectivity index (χ0v) is 21.2. The Hall–Kier alpha value is -1.18. The van der Waals surface area contributed by atoms with Gasteiger partial charge in [0.1, 0.15) is 0 Å². The molecule has 6 N–H and O–H groups in total. The van der Waals surface area contributed by atoms with E-state index in [9.17, 15) is 0 Å². The maximum absolute atomic E-state index is 3.46. The number of aromatic nitrogens is 1. The minimum Gasteiger partial charge on any atom is -0.367 e. The summed E-state index contributed by atoms with van der Waals surface area (Å²) in [7, 11) is 0. The molecule has 1 atom stereocenters. The Morgan fingerprint density at radius 3 is 2.26 bits per heavy atom. The quantitative estimate of drug-likeness (QED) is 0.355. The molecule has 6 nitrogen and oxygen atoms in total.